The van der Waals surface area contributed by atoms with E-state index in [2.05, 4.69) is 5.32 Å². The van der Waals surface area contributed by atoms with Crippen molar-refractivity contribution in [3.63, 3.8) is 0 Å². The highest BCUT2D eigenvalue weighted by Crippen LogP contribution is 2.25. The van der Waals surface area contributed by atoms with Crippen LogP contribution in [0.3, 0.4) is 0 Å². The van der Waals surface area contributed by atoms with Gasteiger partial charge >= 0.3 is 0 Å². The number of rotatable bonds is 12. The number of carbonyl (C=O) groups is 2. The summed E-state index contributed by atoms with van der Waals surface area (Å²) in [5.74, 6) is -0.789. The van der Waals surface area contributed by atoms with Gasteiger partial charge in [-0.2, -0.15) is 0 Å². The summed E-state index contributed by atoms with van der Waals surface area (Å²) in [5, 5.41) is 3.32. The zero-order valence-electron chi connectivity index (χ0n) is 20.3. The van der Waals surface area contributed by atoms with Crippen LogP contribution in [-0.2, 0) is 32.6 Å². The molecule has 0 aliphatic heterocycles. The normalized spacial score (nSPS) is 12.1. The van der Waals surface area contributed by atoms with E-state index in [1.54, 1.807) is 43.3 Å². The number of benzene rings is 2. The highest BCUT2D eigenvalue weighted by atomic mass is 35.5. The number of amides is 2. The van der Waals surface area contributed by atoms with Crippen molar-refractivity contribution in [1.29, 1.82) is 0 Å². The molecule has 2 rings (SSSR count). The van der Waals surface area contributed by atoms with Crippen molar-refractivity contribution in [1.82, 2.24) is 10.2 Å². The lowest BCUT2D eigenvalue weighted by atomic mass is 10.1. The van der Waals surface area contributed by atoms with Crippen LogP contribution in [0.5, 0.6) is 0 Å². The average Bonchev–Trinajstić information content (AvgIpc) is 2.80. The predicted octanol–water partition coefficient (Wildman–Crippen LogP) is 4.00. The summed E-state index contributed by atoms with van der Waals surface area (Å²) >= 11 is 6.33. The van der Waals surface area contributed by atoms with Gasteiger partial charge in [0.15, 0.2) is 0 Å². The number of hydrogen-bond acceptors (Lipinski definition) is 4. The second-order valence-corrected chi connectivity index (χ2v) is 10.5. The molecule has 0 aliphatic carbocycles. The lowest BCUT2D eigenvalue weighted by Crippen LogP contribution is -2.51. The molecular weight excluding hydrogens is 474 g/mol. The quantitative estimate of drug-likeness (QED) is 0.440. The van der Waals surface area contributed by atoms with E-state index in [0.29, 0.717) is 29.2 Å². The second-order valence-electron chi connectivity index (χ2n) is 8.19. The van der Waals surface area contributed by atoms with E-state index in [1.807, 2.05) is 26.0 Å². The lowest BCUT2D eigenvalue weighted by molar-refractivity contribution is -0.139. The molecule has 9 heteroatoms. The predicted molar refractivity (Wildman–Crippen MR) is 137 cm³/mol. The summed E-state index contributed by atoms with van der Waals surface area (Å²) in [6.07, 6.45) is 3.44. The van der Waals surface area contributed by atoms with Crippen molar-refractivity contribution < 1.29 is 18.0 Å². The molecule has 0 heterocycles. The maximum Gasteiger partial charge on any atom is 0.244 e. The molecule has 2 aromatic rings. The van der Waals surface area contributed by atoms with Crippen molar-refractivity contribution in [2.24, 2.45) is 0 Å². The third kappa shape index (κ3) is 7.46. The molecule has 0 spiro atoms. The van der Waals surface area contributed by atoms with Crippen LogP contribution in [0.2, 0.25) is 5.02 Å². The summed E-state index contributed by atoms with van der Waals surface area (Å²) in [4.78, 5) is 27.8. The maximum atomic E-state index is 13.6. The van der Waals surface area contributed by atoms with E-state index in [0.717, 1.165) is 29.0 Å². The number of aryl methyl sites for hydroxylation is 1. The van der Waals surface area contributed by atoms with Gasteiger partial charge in [-0.15, -0.1) is 0 Å². The Balaban J connectivity index is 2.40. The Morgan fingerprint density at radius 1 is 1.03 bits per heavy atom. The van der Waals surface area contributed by atoms with E-state index in [9.17, 15) is 18.0 Å². The molecule has 0 aliphatic rings. The number of para-hydroxylation sites is 1. The van der Waals surface area contributed by atoms with E-state index >= 15 is 0 Å². The van der Waals surface area contributed by atoms with Crippen LogP contribution in [0.4, 0.5) is 5.69 Å². The van der Waals surface area contributed by atoms with Crippen LogP contribution in [0.1, 0.15) is 44.7 Å². The van der Waals surface area contributed by atoms with Crippen LogP contribution in [-0.4, -0.2) is 50.5 Å². The largest absolute Gasteiger partial charge is 0.354 e. The molecule has 0 bridgehead atoms. The van der Waals surface area contributed by atoms with Crippen LogP contribution in [0.15, 0.2) is 48.5 Å². The minimum Gasteiger partial charge on any atom is -0.354 e. The van der Waals surface area contributed by atoms with Crippen LogP contribution >= 0.6 is 11.6 Å². The van der Waals surface area contributed by atoms with Gasteiger partial charge in [-0.1, -0.05) is 68.3 Å². The van der Waals surface area contributed by atoms with E-state index in [4.69, 9.17) is 11.6 Å². The van der Waals surface area contributed by atoms with Crippen LogP contribution < -0.4 is 9.62 Å². The lowest BCUT2D eigenvalue weighted by Gasteiger charge is -2.32. The van der Waals surface area contributed by atoms with Gasteiger partial charge in [0.25, 0.3) is 0 Å². The number of carbonyl (C=O) groups excluding carboxylic acids is 2. The summed E-state index contributed by atoms with van der Waals surface area (Å²) < 4.78 is 26.5. The molecule has 2 amide bonds. The molecule has 1 atom stereocenters. The number of hydrogen-bond donors (Lipinski definition) is 1. The number of unbranched alkanes of at least 4 members (excludes halogenated alkanes) is 1. The minimum atomic E-state index is -3.76. The fourth-order valence-electron chi connectivity index (χ4n) is 3.58. The zero-order valence-corrected chi connectivity index (χ0v) is 21.8. The Kier molecular flexibility index (Phi) is 10.4. The summed E-state index contributed by atoms with van der Waals surface area (Å²) in [5.41, 5.74) is 1.94. The summed E-state index contributed by atoms with van der Waals surface area (Å²) in [6, 6.07) is 13.4. The first-order chi connectivity index (χ1) is 16.1. The number of anilines is 1. The fraction of sp³-hybridized carbons (Fsp3) is 0.440. The third-order valence-corrected chi connectivity index (χ3v) is 7.11. The molecular formula is C25H34ClN3O4S. The summed E-state index contributed by atoms with van der Waals surface area (Å²) in [6.45, 7) is 5.75. The van der Waals surface area contributed by atoms with Crippen molar-refractivity contribution in [3.05, 3.63) is 64.7 Å². The van der Waals surface area contributed by atoms with E-state index < -0.39 is 28.5 Å². The zero-order chi connectivity index (χ0) is 25.3. The van der Waals surface area contributed by atoms with Crippen LogP contribution in [0, 0.1) is 0 Å². The maximum absolute atomic E-state index is 13.6. The molecule has 0 aromatic heterocycles. The Labute approximate surface area is 208 Å². The van der Waals surface area contributed by atoms with Gasteiger partial charge < -0.3 is 10.2 Å². The monoisotopic (exact) mass is 507 g/mol. The molecule has 7 nitrogen and oxygen atoms in total. The molecule has 2 aromatic carbocycles. The first-order valence-corrected chi connectivity index (χ1v) is 13.7. The molecule has 1 N–H and O–H groups in total. The third-order valence-electron chi connectivity index (χ3n) is 5.62. The van der Waals surface area contributed by atoms with Crippen molar-refractivity contribution in [2.45, 2.75) is 52.6 Å². The van der Waals surface area contributed by atoms with Gasteiger partial charge in [-0.25, -0.2) is 8.42 Å². The van der Waals surface area contributed by atoms with Crippen molar-refractivity contribution >= 4 is 39.1 Å². The average molecular weight is 508 g/mol. The molecule has 0 unspecified atom stereocenters. The Hall–Kier alpha value is -2.58. The van der Waals surface area contributed by atoms with E-state index in [-0.39, 0.29) is 12.5 Å². The smallest absolute Gasteiger partial charge is 0.244 e. The molecule has 0 fully saturated rings. The Morgan fingerprint density at radius 2 is 1.65 bits per heavy atom. The van der Waals surface area contributed by atoms with Gasteiger partial charge in [0.2, 0.25) is 21.8 Å². The Bertz CT molecular complexity index is 1090. The molecule has 0 saturated heterocycles. The van der Waals surface area contributed by atoms with Crippen molar-refractivity contribution in [3.8, 4) is 0 Å². The molecule has 186 valence electrons. The first-order valence-electron chi connectivity index (χ1n) is 11.5. The fourth-order valence-corrected chi connectivity index (χ4v) is 4.65. The number of halogens is 1. The first kappa shape index (κ1) is 27.7. The number of nitrogens with zero attached hydrogens (tertiary/aromatic N) is 2. The topological polar surface area (TPSA) is 86.8 Å². The van der Waals surface area contributed by atoms with Gasteiger partial charge in [-0.3, -0.25) is 13.9 Å². The molecule has 0 radical (unpaired) electrons. The standard InChI is InChI=1S/C25H34ClN3O4S/c1-5-7-16-27-25(31)19(3)28(17-21-13-8-10-14-22(21)26)24(30)18-29(34(4,32)33)23-15-11-9-12-20(23)6-2/h8-15,19H,5-7,16-18H2,1-4H3,(H,27,31)/t19-/m1/s1. The Morgan fingerprint density at radius 3 is 2.24 bits per heavy atom. The van der Waals surface area contributed by atoms with Gasteiger partial charge in [0.1, 0.15) is 12.6 Å². The summed E-state index contributed by atoms with van der Waals surface area (Å²) in [7, 11) is -3.76. The van der Waals surface area contributed by atoms with Crippen molar-refractivity contribution in [2.75, 3.05) is 23.7 Å². The van der Waals surface area contributed by atoms with Gasteiger partial charge in [0.05, 0.1) is 11.9 Å². The SMILES string of the molecule is CCCCNC(=O)[C@@H](C)N(Cc1ccccc1Cl)C(=O)CN(c1ccccc1CC)S(C)(=O)=O. The molecule has 34 heavy (non-hydrogen) atoms. The second kappa shape index (κ2) is 12.8. The van der Waals surface area contributed by atoms with Crippen LogP contribution in [0.25, 0.3) is 0 Å². The molecule has 0 saturated carbocycles. The number of nitrogens with one attached hydrogen (secondary N) is 1. The van der Waals surface area contributed by atoms with Gasteiger partial charge in [-0.05, 0) is 43.0 Å². The highest BCUT2D eigenvalue weighted by molar-refractivity contribution is 7.92. The minimum absolute atomic E-state index is 0.0773. The highest BCUT2D eigenvalue weighted by Gasteiger charge is 2.30. The van der Waals surface area contributed by atoms with Gasteiger partial charge in [0, 0.05) is 18.1 Å². The number of sulfonamides is 1. The van der Waals surface area contributed by atoms with E-state index in [1.165, 1.54) is 4.90 Å².